The number of nitrogens with zero attached hydrogens (tertiary/aromatic N) is 4. The lowest BCUT2D eigenvalue weighted by Crippen LogP contribution is -2.32. The summed E-state index contributed by atoms with van der Waals surface area (Å²) in [5.41, 5.74) is 2.15. The molecule has 3 rings (SSSR count). The molecule has 0 aliphatic rings. The van der Waals surface area contributed by atoms with Gasteiger partial charge in [0.2, 0.25) is 5.91 Å². The first kappa shape index (κ1) is 20.2. The topological polar surface area (TPSA) is 60.2 Å². The Morgan fingerprint density at radius 2 is 1.89 bits per heavy atom. The molecule has 146 valence electrons. The van der Waals surface area contributed by atoms with Crippen molar-refractivity contribution in [3.63, 3.8) is 0 Å². The molecule has 0 aliphatic carbocycles. The summed E-state index contributed by atoms with van der Waals surface area (Å²) in [5, 5.41) is 9.44. The summed E-state index contributed by atoms with van der Waals surface area (Å²) in [4.78, 5) is 14.0. The Balaban J connectivity index is 1.48. The second kappa shape index (κ2) is 9.61. The highest BCUT2D eigenvalue weighted by Crippen LogP contribution is 2.20. The molecule has 0 aliphatic heterocycles. The molecule has 0 saturated heterocycles. The zero-order valence-electron chi connectivity index (χ0n) is 15.7. The second-order valence-electron chi connectivity index (χ2n) is 6.23. The number of aromatic nitrogens is 3. The van der Waals surface area contributed by atoms with Gasteiger partial charge in [0, 0.05) is 17.8 Å². The van der Waals surface area contributed by atoms with Crippen LogP contribution in [0.2, 0.25) is 5.02 Å². The Kier molecular flexibility index (Phi) is 6.95. The maximum absolute atomic E-state index is 12.4. The molecule has 28 heavy (non-hydrogen) atoms. The molecule has 0 atom stereocenters. The second-order valence-corrected chi connectivity index (χ2v) is 7.60. The molecule has 0 N–H and O–H groups in total. The zero-order chi connectivity index (χ0) is 19.9. The molecule has 0 unspecified atom stereocenters. The van der Waals surface area contributed by atoms with Crippen LogP contribution in [0.15, 0.2) is 60.0 Å². The first-order valence-electron chi connectivity index (χ1n) is 8.75. The van der Waals surface area contributed by atoms with Crippen molar-refractivity contribution in [3.05, 3.63) is 65.4 Å². The van der Waals surface area contributed by atoms with Gasteiger partial charge in [-0.1, -0.05) is 41.1 Å². The van der Waals surface area contributed by atoms with Crippen molar-refractivity contribution < 1.29 is 9.53 Å². The third kappa shape index (κ3) is 5.50. The SMILES string of the molecule is Cc1ccc(-n2cnnc2SCC(=O)N(C)CCOc2ccc(Cl)cc2)cc1. The molecule has 0 radical (unpaired) electrons. The van der Waals surface area contributed by atoms with E-state index in [2.05, 4.69) is 10.2 Å². The van der Waals surface area contributed by atoms with E-state index in [9.17, 15) is 4.79 Å². The number of hydrogen-bond acceptors (Lipinski definition) is 5. The standard InChI is InChI=1S/C20H21ClN4O2S/c1-15-3-7-17(8-4-15)25-14-22-23-20(25)28-13-19(26)24(2)11-12-27-18-9-5-16(21)6-10-18/h3-10,14H,11-13H2,1-2H3. The maximum Gasteiger partial charge on any atom is 0.232 e. The minimum Gasteiger partial charge on any atom is -0.492 e. The predicted octanol–water partition coefficient (Wildman–Crippen LogP) is 3.86. The van der Waals surface area contributed by atoms with E-state index in [1.165, 1.54) is 17.3 Å². The minimum absolute atomic E-state index is 0.00293. The minimum atomic E-state index is 0.00293. The highest BCUT2D eigenvalue weighted by atomic mass is 35.5. The monoisotopic (exact) mass is 416 g/mol. The first-order valence-corrected chi connectivity index (χ1v) is 10.1. The summed E-state index contributed by atoms with van der Waals surface area (Å²) < 4.78 is 7.51. The van der Waals surface area contributed by atoms with Crippen LogP contribution < -0.4 is 4.74 Å². The summed E-state index contributed by atoms with van der Waals surface area (Å²) in [5.74, 6) is 1.01. The Bertz CT molecular complexity index is 913. The summed E-state index contributed by atoms with van der Waals surface area (Å²) in [6.45, 7) is 2.94. The molecule has 1 aromatic heterocycles. The van der Waals surface area contributed by atoms with Crippen LogP contribution in [0, 0.1) is 6.92 Å². The van der Waals surface area contributed by atoms with Crippen LogP contribution in [0.5, 0.6) is 5.75 Å². The van der Waals surface area contributed by atoms with Crippen LogP contribution in [0.4, 0.5) is 0 Å². The summed E-state index contributed by atoms with van der Waals surface area (Å²) >= 11 is 7.21. The van der Waals surface area contributed by atoms with E-state index >= 15 is 0 Å². The number of carbonyl (C=O) groups is 1. The number of aryl methyl sites for hydroxylation is 1. The molecule has 6 nitrogen and oxygen atoms in total. The average molecular weight is 417 g/mol. The van der Waals surface area contributed by atoms with E-state index in [1.807, 2.05) is 35.8 Å². The number of carbonyl (C=O) groups excluding carboxylic acids is 1. The van der Waals surface area contributed by atoms with E-state index < -0.39 is 0 Å². The number of amides is 1. The normalized spacial score (nSPS) is 10.7. The van der Waals surface area contributed by atoms with Crippen molar-refractivity contribution >= 4 is 29.3 Å². The Morgan fingerprint density at radius 3 is 2.61 bits per heavy atom. The quantitative estimate of drug-likeness (QED) is 0.522. The molecule has 1 amide bonds. The van der Waals surface area contributed by atoms with Gasteiger partial charge >= 0.3 is 0 Å². The van der Waals surface area contributed by atoms with Gasteiger partial charge in [-0.25, -0.2) is 0 Å². The fourth-order valence-electron chi connectivity index (χ4n) is 2.40. The van der Waals surface area contributed by atoms with Crippen molar-refractivity contribution in [2.75, 3.05) is 26.0 Å². The van der Waals surface area contributed by atoms with E-state index in [0.717, 1.165) is 11.4 Å². The van der Waals surface area contributed by atoms with Crippen LogP contribution in [-0.4, -0.2) is 51.5 Å². The highest BCUT2D eigenvalue weighted by Gasteiger charge is 2.13. The van der Waals surface area contributed by atoms with Crippen LogP contribution in [-0.2, 0) is 4.79 Å². The van der Waals surface area contributed by atoms with Gasteiger partial charge < -0.3 is 9.64 Å². The largest absolute Gasteiger partial charge is 0.492 e. The number of halogens is 1. The summed E-state index contributed by atoms with van der Waals surface area (Å²) in [6, 6.07) is 15.2. The molecule has 8 heteroatoms. The first-order chi connectivity index (χ1) is 13.5. The van der Waals surface area contributed by atoms with Gasteiger partial charge in [0.25, 0.3) is 0 Å². The van der Waals surface area contributed by atoms with Crippen LogP contribution in [0.3, 0.4) is 0 Å². The maximum atomic E-state index is 12.4. The molecule has 3 aromatic rings. The number of ether oxygens (including phenoxy) is 1. The molecular formula is C20H21ClN4O2S. The molecule has 0 spiro atoms. The van der Waals surface area contributed by atoms with Gasteiger partial charge in [-0.15, -0.1) is 10.2 Å². The van der Waals surface area contributed by atoms with E-state index in [0.29, 0.717) is 23.3 Å². The molecule has 1 heterocycles. The number of rotatable bonds is 8. The molecule has 0 bridgehead atoms. The zero-order valence-corrected chi connectivity index (χ0v) is 17.3. The van der Waals surface area contributed by atoms with E-state index in [1.54, 1.807) is 42.5 Å². The third-order valence-corrected chi connectivity index (χ3v) is 5.27. The van der Waals surface area contributed by atoms with Crippen molar-refractivity contribution in [2.24, 2.45) is 0 Å². The lowest BCUT2D eigenvalue weighted by molar-refractivity contribution is -0.127. The van der Waals surface area contributed by atoms with Gasteiger partial charge in [0.05, 0.1) is 12.3 Å². The molecule has 0 saturated carbocycles. The number of likely N-dealkylation sites (N-methyl/N-ethyl adjacent to an activating group) is 1. The molecular weight excluding hydrogens is 396 g/mol. The van der Waals surface area contributed by atoms with Crippen LogP contribution in [0.1, 0.15) is 5.56 Å². The van der Waals surface area contributed by atoms with Gasteiger partial charge in [-0.3, -0.25) is 9.36 Å². The van der Waals surface area contributed by atoms with Gasteiger partial charge in [0.1, 0.15) is 18.7 Å². The van der Waals surface area contributed by atoms with Gasteiger partial charge in [0.15, 0.2) is 5.16 Å². The van der Waals surface area contributed by atoms with E-state index in [4.69, 9.17) is 16.3 Å². The third-order valence-electron chi connectivity index (χ3n) is 4.09. The van der Waals surface area contributed by atoms with Crippen molar-refractivity contribution in [1.82, 2.24) is 19.7 Å². The lowest BCUT2D eigenvalue weighted by Gasteiger charge is -2.17. The fraction of sp³-hybridized carbons (Fsp3) is 0.250. The number of benzene rings is 2. The predicted molar refractivity (Wildman–Crippen MR) is 111 cm³/mol. The molecule has 0 fully saturated rings. The smallest absolute Gasteiger partial charge is 0.232 e. The van der Waals surface area contributed by atoms with Gasteiger partial charge in [-0.05, 0) is 43.3 Å². The fourth-order valence-corrected chi connectivity index (χ4v) is 3.39. The lowest BCUT2D eigenvalue weighted by atomic mass is 10.2. The number of hydrogen-bond donors (Lipinski definition) is 0. The molecule has 2 aromatic carbocycles. The van der Waals surface area contributed by atoms with Crippen LogP contribution in [0.25, 0.3) is 5.69 Å². The van der Waals surface area contributed by atoms with Crippen molar-refractivity contribution in [2.45, 2.75) is 12.1 Å². The Morgan fingerprint density at radius 1 is 1.18 bits per heavy atom. The van der Waals surface area contributed by atoms with Gasteiger partial charge in [-0.2, -0.15) is 0 Å². The van der Waals surface area contributed by atoms with Crippen molar-refractivity contribution in [3.8, 4) is 11.4 Å². The Hall–Kier alpha value is -2.51. The summed E-state index contributed by atoms with van der Waals surface area (Å²) in [7, 11) is 1.76. The van der Waals surface area contributed by atoms with Crippen molar-refractivity contribution in [1.29, 1.82) is 0 Å². The van der Waals surface area contributed by atoms with Crippen LogP contribution >= 0.6 is 23.4 Å². The number of thioether (sulfide) groups is 1. The summed E-state index contributed by atoms with van der Waals surface area (Å²) in [6.07, 6.45) is 1.65. The highest BCUT2D eigenvalue weighted by molar-refractivity contribution is 7.99. The Labute approximate surface area is 173 Å². The average Bonchev–Trinajstić information content (AvgIpc) is 3.16. The van der Waals surface area contributed by atoms with E-state index in [-0.39, 0.29) is 11.7 Å².